The molecule has 0 aromatic heterocycles. The Morgan fingerprint density at radius 1 is 1.06 bits per heavy atom. The van der Waals surface area contributed by atoms with Gasteiger partial charge in [-0.05, 0) is 57.0 Å². The van der Waals surface area contributed by atoms with Gasteiger partial charge in [-0.2, -0.15) is 0 Å². The molecule has 0 aliphatic heterocycles. The number of benzene rings is 2. The van der Waals surface area contributed by atoms with Crippen molar-refractivity contribution in [2.45, 2.75) is 46.2 Å². The minimum absolute atomic E-state index is 0.0721. The second-order valence-corrected chi connectivity index (χ2v) is 10.2. The van der Waals surface area contributed by atoms with Gasteiger partial charge in [-0.15, -0.1) is 0 Å². The second-order valence-electron chi connectivity index (χ2n) is 8.28. The topological polar surface area (TPSA) is 105 Å². The Kier molecular flexibility index (Phi) is 11.0. The molecule has 0 bridgehead atoms. The van der Waals surface area contributed by atoms with Crippen molar-refractivity contribution in [3.05, 3.63) is 54.1 Å². The zero-order valence-corrected chi connectivity index (χ0v) is 22.5. The van der Waals surface area contributed by atoms with Crippen molar-refractivity contribution in [3.8, 4) is 11.5 Å². The quantitative estimate of drug-likeness (QED) is 0.411. The molecule has 2 aromatic carbocycles. The van der Waals surface area contributed by atoms with Gasteiger partial charge in [0.25, 0.3) is 0 Å². The molecule has 2 aromatic rings. The van der Waals surface area contributed by atoms with Crippen LogP contribution in [0.3, 0.4) is 0 Å². The van der Waals surface area contributed by atoms with Crippen LogP contribution in [0, 0.1) is 0 Å². The number of likely N-dealkylation sites (N-methyl/N-ethyl adjacent to an activating group) is 1. The summed E-state index contributed by atoms with van der Waals surface area (Å²) in [5, 5.41) is 2.76. The summed E-state index contributed by atoms with van der Waals surface area (Å²) >= 11 is 0. The van der Waals surface area contributed by atoms with Crippen LogP contribution in [0.1, 0.15) is 39.2 Å². The molecule has 2 rings (SSSR count). The van der Waals surface area contributed by atoms with Crippen LogP contribution >= 0.6 is 0 Å². The first-order valence-corrected chi connectivity index (χ1v) is 13.9. The Bertz CT molecular complexity index is 1100. The van der Waals surface area contributed by atoms with Crippen LogP contribution in [0.4, 0.5) is 5.69 Å². The van der Waals surface area contributed by atoms with Gasteiger partial charge in [0.1, 0.15) is 17.5 Å². The van der Waals surface area contributed by atoms with Gasteiger partial charge >= 0.3 is 0 Å². The maximum Gasteiger partial charge on any atom is 0.242 e. The molecule has 0 aliphatic carbocycles. The summed E-state index contributed by atoms with van der Waals surface area (Å²) in [6.45, 7) is 6.52. The number of nitrogens with zero attached hydrogens (tertiary/aromatic N) is 2. The average Bonchev–Trinajstić information content (AvgIpc) is 2.85. The lowest BCUT2D eigenvalue weighted by molar-refractivity contribution is -0.140. The zero-order valence-electron chi connectivity index (χ0n) is 21.7. The number of hydrogen-bond acceptors (Lipinski definition) is 6. The van der Waals surface area contributed by atoms with Gasteiger partial charge in [-0.3, -0.25) is 13.9 Å². The van der Waals surface area contributed by atoms with E-state index in [1.807, 2.05) is 26.0 Å². The number of para-hydroxylation sites is 2. The Morgan fingerprint density at radius 3 is 2.31 bits per heavy atom. The molecule has 10 heteroatoms. The van der Waals surface area contributed by atoms with Crippen LogP contribution in [0.15, 0.2) is 48.5 Å². The van der Waals surface area contributed by atoms with Gasteiger partial charge in [0, 0.05) is 26.1 Å². The summed E-state index contributed by atoms with van der Waals surface area (Å²) in [5.41, 5.74) is 1.28. The Morgan fingerprint density at radius 2 is 1.72 bits per heavy atom. The second kappa shape index (κ2) is 13.7. The molecular weight excluding hydrogens is 482 g/mol. The lowest BCUT2D eigenvalue weighted by atomic mass is 10.1. The zero-order chi connectivity index (χ0) is 26.7. The minimum Gasteiger partial charge on any atom is -0.497 e. The molecule has 0 spiro atoms. The van der Waals surface area contributed by atoms with Crippen molar-refractivity contribution in [2.24, 2.45) is 0 Å². The highest BCUT2D eigenvalue weighted by atomic mass is 32.2. The molecular formula is C26H37N3O6S. The van der Waals surface area contributed by atoms with Gasteiger partial charge in [0.05, 0.1) is 25.7 Å². The molecule has 0 unspecified atom stereocenters. The molecule has 0 aliphatic rings. The Balaban J connectivity index is 2.19. The summed E-state index contributed by atoms with van der Waals surface area (Å²) < 4.78 is 37.2. The lowest BCUT2D eigenvalue weighted by Gasteiger charge is -2.29. The van der Waals surface area contributed by atoms with Gasteiger partial charge in [-0.25, -0.2) is 8.42 Å². The van der Waals surface area contributed by atoms with E-state index in [0.717, 1.165) is 11.8 Å². The molecule has 1 N–H and O–H groups in total. The van der Waals surface area contributed by atoms with E-state index in [2.05, 4.69) is 5.32 Å². The fraction of sp³-hybridized carbons (Fsp3) is 0.462. The number of sulfonamides is 1. The van der Waals surface area contributed by atoms with Crippen molar-refractivity contribution < 1.29 is 27.5 Å². The smallest absolute Gasteiger partial charge is 0.242 e. The summed E-state index contributed by atoms with van der Waals surface area (Å²) in [6, 6.07) is 13.5. The SMILES string of the molecule is CCNC(=O)[C@H](C)N(Cc1ccc(OC)cc1)C(=O)CCCN(c1ccccc1OCC)S(C)(=O)=O. The van der Waals surface area contributed by atoms with Gasteiger partial charge in [-0.1, -0.05) is 24.3 Å². The van der Waals surface area contributed by atoms with E-state index >= 15 is 0 Å². The van der Waals surface area contributed by atoms with E-state index in [1.54, 1.807) is 50.4 Å². The van der Waals surface area contributed by atoms with Crippen molar-refractivity contribution >= 4 is 27.5 Å². The minimum atomic E-state index is -3.62. The van der Waals surface area contributed by atoms with Crippen LogP contribution in [0.5, 0.6) is 11.5 Å². The average molecular weight is 520 g/mol. The standard InChI is InChI=1S/C26H37N3O6S/c1-6-27-26(31)20(3)28(19-21-14-16-22(34-4)17-15-21)25(30)13-10-18-29(36(5,32)33)23-11-8-9-12-24(23)35-7-2/h8-9,11-12,14-17,20H,6-7,10,13,18-19H2,1-5H3,(H,27,31)/t20-/m0/s1. The number of amides is 2. The largest absolute Gasteiger partial charge is 0.497 e. The van der Waals surface area contributed by atoms with Gasteiger partial charge < -0.3 is 19.7 Å². The first-order chi connectivity index (χ1) is 17.1. The van der Waals surface area contributed by atoms with E-state index in [9.17, 15) is 18.0 Å². The van der Waals surface area contributed by atoms with Gasteiger partial charge in [0.2, 0.25) is 21.8 Å². The summed E-state index contributed by atoms with van der Waals surface area (Å²) in [6.07, 6.45) is 1.47. The number of rotatable bonds is 14. The van der Waals surface area contributed by atoms with E-state index in [4.69, 9.17) is 9.47 Å². The first kappa shape index (κ1) is 29.0. The van der Waals surface area contributed by atoms with E-state index < -0.39 is 16.1 Å². The molecule has 0 radical (unpaired) electrons. The fourth-order valence-corrected chi connectivity index (χ4v) is 4.72. The van der Waals surface area contributed by atoms with E-state index in [-0.39, 0.29) is 37.7 Å². The van der Waals surface area contributed by atoms with Crippen LogP contribution in [-0.2, 0) is 26.2 Å². The summed E-state index contributed by atoms with van der Waals surface area (Å²) in [7, 11) is -2.04. The highest BCUT2D eigenvalue weighted by Crippen LogP contribution is 2.30. The monoisotopic (exact) mass is 519 g/mol. The van der Waals surface area contributed by atoms with Crippen LogP contribution < -0.4 is 19.1 Å². The van der Waals surface area contributed by atoms with Crippen molar-refractivity contribution in [3.63, 3.8) is 0 Å². The molecule has 36 heavy (non-hydrogen) atoms. The lowest BCUT2D eigenvalue weighted by Crippen LogP contribution is -2.47. The first-order valence-electron chi connectivity index (χ1n) is 12.0. The van der Waals surface area contributed by atoms with Gasteiger partial charge in [0.15, 0.2) is 0 Å². The molecule has 0 heterocycles. The van der Waals surface area contributed by atoms with Crippen LogP contribution in [0.25, 0.3) is 0 Å². The molecule has 198 valence electrons. The predicted molar refractivity (Wildman–Crippen MR) is 141 cm³/mol. The third kappa shape index (κ3) is 8.15. The molecule has 1 atom stereocenters. The normalized spacial score (nSPS) is 11.9. The summed E-state index contributed by atoms with van der Waals surface area (Å²) in [4.78, 5) is 27.4. The number of hydrogen-bond donors (Lipinski definition) is 1. The Labute approximate surface area is 214 Å². The number of methoxy groups -OCH3 is 1. The van der Waals surface area contributed by atoms with E-state index in [1.165, 1.54) is 9.21 Å². The Hall–Kier alpha value is -3.27. The molecule has 9 nitrogen and oxygen atoms in total. The highest BCUT2D eigenvalue weighted by Gasteiger charge is 2.27. The summed E-state index contributed by atoms with van der Waals surface area (Å²) in [5.74, 6) is 0.670. The third-order valence-electron chi connectivity index (χ3n) is 5.62. The van der Waals surface area contributed by atoms with Crippen molar-refractivity contribution in [2.75, 3.05) is 37.4 Å². The predicted octanol–water partition coefficient (Wildman–Crippen LogP) is 3.19. The fourth-order valence-electron chi connectivity index (χ4n) is 3.76. The maximum atomic E-state index is 13.3. The third-order valence-corrected chi connectivity index (χ3v) is 6.80. The maximum absolute atomic E-state index is 13.3. The molecule has 0 saturated carbocycles. The molecule has 0 saturated heterocycles. The highest BCUT2D eigenvalue weighted by molar-refractivity contribution is 7.92. The molecule has 2 amide bonds. The number of anilines is 1. The number of ether oxygens (including phenoxy) is 2. The van der Waals surface area contributed by atoms with Crippen molar-refractivity contribution in [1.82, 2.24) is 10.2 Å². The van der Waals surface area contributed by atoms with Crippen LogP contribution in [-0.4, -0.2) is 64.2 Å². The number of carbonyl (C=O) groups excluding carboxylic acids is 2. The number of carbonyl (C=O) groups is 2. The molecule has 0 fully saturated rings. The van der Waals surface area contributed by atoms with Crippen molar-refractivity contribution in [1.29, 1.82) is 0 Å². The van der Waals surface area contributed by atoms with E-state index in [0.29, 0.717) is 30.3 Å². The number of nitrogens with one attached hydrogen (secondary N) is 1. The van der Waals surface area contributed by atoms with Crippen LogP contribution in [0.2, 0.25) is 0 Å².